The molecule has 0 radical (unpaired) electrons. The smallest absolute Gasteiger partial charge is 0.274 e. The van der Waals surface area contributed by atoms with Gasteiger partial charge in [0.15, 0.2) is 0 Å². The molecule has 146 valence electrons. The van der Waals surface area contributed by atoms with E-state index in [1.54, 1.807) is 19.1 Å². The number of carbonyl (C=O) groups excluding carboxylic acids is 1. The molecule has 1 saturated carbocycles. The van der Waals surface area contributed by atoms with E-state index >= 15 is 0 Å². The van der Waals surface area contributed by atoms with E-state index in [-0.39, 0.29) is 17.6 Å². The van der Waals surface area contributed by atoms with Crippen molar-refractivity contribution in [2.24, 2.45) is 0 Å². The van der Waals surface area contributed by atoms with Crippen LogP contribution in [0.3, 0.4) is 0 Å². The highest BCUT2D eigenvalue weighted by Gasteiger charge is 2.37. The Balaban J connectivity index is 1.52. The summed E-state index contributed by atoms with van der Waals surface area (Å²) in [5.74, 6) is -0.112. The lowest BCUT2D eigenvalue weighted by Gasteiger charge is -2.35. The van der Waals surface area contributed by atoms with E-state index in [0.717, 1.165) is 32.1 Å². The predicted octanol–water partition coefficient (Wildman–Crippen LogP) is 4.38. The topological polar surface area (TPSA) is 75.5 Å². The van der Waals surface area contributed by atoms with E-state index in [1.807, 2.05) is 0 Å². The van der Waals surface area contributed by atoms with Crippen molar-refractivity contribution in [3.8, 4) is 0 Å². The lowest BCUT2D eigenvalue weighted by molar-refractivity contribution is -0.385. The monoisotopic (exact) mass is 379 g/mol. The Kier molecular flexibility index (Phi) is 5.13. The highest BCUT2D eigenvalue weighted by molar-refractivity contribution is 5.93. The summed E-state index contributed by atoms with van der Waals surface area (Å²) in [7, 11) is 0. The molecule has 6 nitrogen and oxygen atoms in total. The summed E-state index contributed by atoms with van der Waals surface area (Å²) in [5.41, 5.74) is 3.76. The molecule has 1 atom stereocenters. The van der Waals surface area contributed by atoms with Gasteiger partial charge in [0.05, 0.1) is 22.7 Å². The first-order chi connectivity index (χ1) is 13.5. The predicted molar refractivity (Wildman–Crippen MR) is 108 cm³/mol. The molecule has 0 heterocycles. The number of fused-ring (bicyclic) bond motifs is 1. The molecule has 0 spiro atoms. The average Bonchev–Trinajstić information content (AvgIpc) is 3.52. The lowest BCUT2D eigenvalue weighted by Crippen LogP contribution is -2.39. The number of nitro benzene ring substituents is 1. The summed E-state index contributed by atoms with van der Waals surface area (Å²) in [6.45, 7) is 1.98. The van der Waals surface area contributed by atoms with Crippen molar-refractivity contribution >= 4 is 17.3 Å². The fraction of sp³-hybridized carbons (Fsp3) is 0.409. The van der Waals surface area contributed by atoms with Crippen molar-refractivity contribution in [1.29, 1.82) is 0 Å². The summed E-state index contributed by atoms with van der Waals surface area (Å²) < 4.78 is 0. The molecule has 1 N–H and O–H groups in total. The third-order valence-electron chi connectivity index (χ3n) is 5.86. The maximum Gasteiger partial charge on any atom is 0.274 e. The van der Waals surface area contributed by atoms with Gasteiger partial charge in [0.2, 0.25) is 5.91 Å². The Labute approximate surface area is 164 Å². The second-order valence-electron chi connectivity index (χ2n) is 7.77. The molecule has 0 saturated heterocycles. The zero-order chi connectivity index (χ0) is 19.7. The van der Waals surface area contributed by atoms with Crippen LogP contribution in [0.15, 0.2) is 42.5 Å². The molecular weight excluding hydrogens is 354 g/mol. The van der Waals surface area contributed by atoms with Gasteiger partial charge in [-0.15, -0.1) is 0 Å². The summed E-state index contributed by atoms with van der Waals surface area (Å²) >= 11 is 0. The normalized spacial score (nSPS) is 18.6. The van der Waals surface area contributed by atoms with Gasteiger partial charge in [-0.2, -0.15) is 0 Å². The number of hydrogen-bond acceptors (Lipinski definition) is 4. The molecule has 28 heavy (non-hydrogen) atoms. The van der Waals surface area contributed by atoms with Crippen molar-refractivity contribution in [3.63, 3.8) is 0 Å². The van der Waals surface area contributed by atoms with Crippen LogP contribution in [0, 0.1) is 17.0 Å². The van der Waals surface area contributed by atoms with E-state index in [0.29, 0.717) is 23.8 Å². The number of aryl methyl sites for hydroxylation is 1. The van der Waals surface area contributed by atoms with E-state index in [1.165, 1.54) is 17.2 Å². The van der Waals surface area contributed by atoms with Crippen molar-refractivity contribution in [3.05, 3.63) is 69.3 Å². The first-order valence-corrected chi connectivity index (χ1v) is 9.92. The Morgan fingerprint density at radius 1 is 1.18 bits per heavy atom. The van der Waals surface area contributed by atoms with Crippen LogP contribution in [0.1, 0.15) is 48.4 Å². The van der Waals surface area contributed by atoms with Crippen LogP contribution in [-0.4, -0.2) is 28.3 Å². The average molecular weight is 379 g/mol. The Bertz CT molecular complexity index is 908. The molecule has 2 aliphatic rings. The fourth-order valence-electron chi connectivity index (χ4n) is 4.28. The summed E-state index contributed by atoms with van der Waals surface area (Å²) in [5, 5.41) is 14.0. The second kappa shape index (κ2) is 7.72. The molecule has 4 rings (SSSR count). The standard InChI is InChI=1S/C22H25N3O3/c1-15-19(9-5-10-20(15)25(27)28)23-22(26)14-24(17-12-13-17)21-11-4-7-16-6-2-3-8-18(16)21/h2-3,5-6,8-10,17,21H,4,7,11-14H2,1H3,(H,23,26). The van der Waals surface area contributed by atoms with Crippen LogP contribution in [0.25, 0.3) is 0 Å². The minimum atomic E-state index is -0.416. The number of benzene rings is 2. The third kappa shape index (κ3) is 3.78. The number of anilines is 1. The zero-order valence-electron chi connectivity index (χ0n) is 16.1. The number of amides is 1. The summed E-state index contributed by atoms with van der Waals surface area (Å²) in [4.78, 5) is 25.9. The zero-order valence-corrected chi connectivity index (χ0v) is 16.1. The molecule has 0 bridgehead atoms. The largest absolute Gasteiger partial charge is 0.324 e. The van der Waals surface area contributed by atoms with Crippen LogP contribution < -0.4 is 5.32 Å². The van der Waals surface area contributed by atoms with Gasteiger partial charge >= 0.3 is 0 Å². The molecule has 0 aromatic heterocycles. The van der Waals surface area contributed by atoms with Crippen LogP contribution in [0.5, 0.6) is 0 Å². The molecule has 0 aliphatic heterocycles. The van der Waals surface area contributed by atoms with Crippen LogP contribution >= 0.6 is 0 Å². The van der Waals surface area contributed by atoms with Gasteiger partial charge in [-0.1, -0.05) is 30.3 Å². The Morgan fingerprint density at radius 3 is 2.71 bits per heavy atom. The molecular formula is C22H25N3O3. The number of carbonyl (C=O) groups is 1. The number of nitrogens with one attached hydrogen (secondary N) is 1. The minimum absolute atomic E-state index is 0.0260. The van der Waals surface area contributed by atoms with Crippen LogP contribution in [-0.2, 0) is 11.2 Å². The molecule has 1 unspecified atom stereocenters. The van der Waals surface area contributed by atoms with E-state index in [9.17, 15) is 14.9 Å². The van der Waals surface area contributed by atoms with E-state index in [2.05, 4.69) is 34.5 Å². The van der Waals surface area contributed by atoms with Crippen molar-refractivity contribution in [1.82, 2.24) is 4.90 Å². The number of rotatable bonds is 6. The van der Waals surface area contributed by atoms with Gasteiger partial charge in [-0.3, -0.25) is 19.8 Å². The Hall–Kier alpha value is -2.73. The van der Waals surface area contributed by atoms with E-state index < -0.39 is 4.92 Å². The van der Waals surface area contributed by atoms with E-state index in [4.69, 9.17) is 0 Å². The molecule has 2 aliphatic carbocycles. The van der Waals surface area contributed by atoms with Crippen molar-refractivity contribution in [2.45, 2.75) is 51.1 Å². The first-order valence-electron chi connectivity index (χ1n) is 9.92. The Morgan fingerprint density at radius 2 is 1.96 bits per heavy atom. The maximum absolute atomic E-state index is 12.8. The number of nitrogens with zero attached hydrogens (tertiary/aromatic N) is 2. The summed E-state index contributed by atoms with van der Waals surface area (Å²) in [6.07, 6.45) is 5.56. The van der Waals surface area contributed by atoms with Gasteiger partial charge < -0.3 is 5.32 Å². The number of hydrogen-bond donors (Lipinski definition) is 1. The molecule has 1 fully saturated rings. The lowest BCUT2D eigenvalue weighted by atomic mass is 9.86. The minimum Gasteiger partial charge on any atom is -0.324 e. The van der Waals surface area contributed by atoms with Crippen LogP contribution in [0.2, 0.25) is 0 Å². The summed E-state index contributed by atoms with van der Waals surface area (Å²) in [6, 6.07) is 14.1. The quantitative estimate of drug-likeness (QED) is 0.597. The fourth-order valence-corrected chi connectivity index (χ4v) is 4.28. The third-order valence-corrected chi connectivity index (χ3v) is 5.86. The highest BCUT2D eigenvalue weighted by Crippen LogP contribution is 2.40. The first kappa shape index (κ1) is 18.6. The number of nitro groups is 1. The SMILES string of the molecule is Cc1c(NC(=O)CN(C2CC2)C2CCCc3ccccc32)cccc1[N+](=O)[O-]. The van der Waals surface area contributed by atoms with Crippen molar-refractivity contribution in [2.75, 3.05) is 11.9 Å². The molecule has 1 amide bonds. The van der Waals surface area contributed by atoms with Gasteiger partial charge in [0, 0.05) is 18.2 Å². The highest BCUT2D eigenvalue weighted by atomic mass is 16.6. The second-order valence-corrected chi connectivity index (χ2v) is 7.77. The van der Waals surface area contributed by atoms with Gasteiger partial charge in [-0.25, -0.2) is 0 Å². The van der Waals surface area contributed by atoms with Gasteiger partial charge in [-0.05, 0) is 56.2 Å². The molecule has 2 aromatic rings. The van der Waals surface area contributed by atoms with Crippen LogP contribution in [0.4, 0.5) is 11.4 Å². The maximum atomic E-state index is 12.8. The van der Waals surface area contributed by atoms with Crippen molar-refractivity contribution < 1.29 is 9.72 Å². The van der Waals surface area contributed by atoms with Gasteiger partial charge in [0.1, 0.15) is 0 Å². The van der Waals surface area contributed by atoms with Gasteiger partial charge in [0.25, 0.3) is 5.69 Å². The molecule has 2 aromatic carbocycles. The molecule has 6 heteroatoms.